The highest BCUT2D eigenvalue weighted by Crippen LogP contribution is 2.28. The molecule has 0 saturated heterocycles. The lowest BCUT2D eigenvalue weighted by atomic mass is 10.2. The number of H-pyrrole nitrogens is 1. The van der Waals surface area contributed by atoms with E-state index in [0.29, 0.717) is 27.2 Å². The first kappa shape index (κ1) is 18.5. The predicted octanol–water partition coefficient (Wildman–Crippen LogP) is 3.64. The van der Waals surface area contributed by atoms with Crippen LogP contribution in [0.15, 0.2) is 52.2 Å². The van der Waals surface area contributed by atoms with Crippen molar-refractivity contribution >= 4 is 38.4 Å². The van der Waals surface area contributed by atoms with Crippen molar-refractivity contribution in [3.05, 3.63) is 58.4 Å². The van der Waals surface area contributed by atoms with Crippen molar-refractivity contribution in [1.29, 1.82) is 0 Å². The molecule has 0 unspecified atom stereocenters. The Morgan fingerprint density at radius 1 is 1.19 bits per heavy atom. The zero-order chi connectivity index (χ0) is 19.1. The maximum Gasteiger partial charge on any atom is 0.278 e. The first-order valence-electron chi connectivity index (χ1n) is 8.20. The van der Waals surface area contributed by atoms with Crippen LogP contribution >= 0.6 is 11.8 Å². The SMILES string of the molecule is Cc1cccc(S(=O)(=O)N(Cl)c2ccc3c(c2)c(=O)[nH]n3CC(C)C)c1. The van der Waals surface area contributed by atoms with Gasteiger partial charge in [-0.2, -0.15) is 12.2 Å². The van der Waals surface area contributed by atoms with Gasteiger partial charge in [0.05, 0.1) is 21.5 Å². The largest absolute Gasteiger partial charge is 0.284 e. The molecule has 0 atom stereocenters. The van der Waals surface area contributed by atoms with Crippen molar-refractivity contribution < 1.29 is 8.42 Å². The van der Waals surface area contributed by atoms with Crippen molar-refractivity contribution in [2.45, 2.75) is 32.2 Å². The summed E-state index contributed by atoms with van der Waals surface area (Å²) in [5, 5.41) is 3.17. The Hall–Kier alpha value is -2.25. The molecule has 0 bridgehead atoms. The molecule has 26 heavy (non-hydrogen) atoms. The van der Waals surface area contributed by atoms with Gasteiger partial charge in [0, 0.05) is 18.3 Å². The van der Waals surface area contributed by atoms with Gasteiger partial charge in [0.15, 0.2) is 0 Å². The Morgan fingerprint density at radius 3 is 2.58 bits per heavy atom. The number of nitrogens with one attached hydrogen (secondary N) is 1. The fourth-order valence-corrected chi connectivity index (χ4v) is 4.32. The van der Waals surface area contributed by atoms with Crippen molar-refractivity contribution in [2.24, 2.45) is 5.92 Å². The summed E-state index contributed by atoms with van der Waals surface area (Å²) in [5.74, 6) is 0.354. The number of anilines is 1. The molecule has 0 fully saturated rings. The number of rotatable bonds is 5. The Balaban J connectivity index is 2.05. The summed E-state index contributed by atoms with van der Waals surface area (Å²) < 4.78 is 28.0. The van der Waals surface area contributed by atoms with Crippen LogP contribution in [0.3, 0.4) is 0 Å². The van der Waals surface area contributed by atoms with Crippen LogP contribution in [-0.4, -0.2) is 18.2 Å². The molecular formula is C18H20ClN3O3S. The van der Waals surface area contributed by atoms with Gasteiger partial charge in [-0.15, -0.1) is 0 Å². The summed E-state index contributed by atoms with van der Waals surface area (Å²) >= 11 is 6.15. The number of aryl methyl sites for hydroxylation is 1. The molecule has 1 N–H and O–H groups in total. The minimum Gasteiger partial charge on any atom is -0.284 e. The summed E-state index contributed by atoms with van der Waals surface area (Å²) in [6.45, 7) is 6.56. The number of hydrogen-bond donors (Lipinski definition) is 1. The highest BCUT2D eigenvalue weighted by molar-refractivity contribution is 7.94. The van der Waals surface area contributed by atoms with Crippen LogP contribution in [0.25, 0.3) is 10.9 Å². The zero-order valence-electron chi connectivity index (χ0n) is 14.7. The van der Waals surface area contributed by atoms with Crippen LogP contribution in [0, 0.1) is 12.8 Å². The highest BCUT2D eigenvalue weighted by atomic mass is 35.5. The lowest BCUT2D eigenvalue weighted by Crippen LogP contribution is -2.21. The summed E-state index contributed by atoms with van der Waals surface area (Å²) in [7, 11) is -3.93. The number of hydrogen-bond acceptors (Lipinski definition) is 3. The van der Waals surface area contributed by atoms with E-state index < -0.39 is 10.0 Å². The van der Waals surface area contributed by atoms with Gasteiger partial charge in [-0.3, -0.25) is 14.6 Å². The Kier molecular flexibility index (Phi) is 4.86. The summed E-state index contributed by atoms with van der Waals surface area (Å²) in [5.41, 5.74) is 1.47. The quantitative estimate of drug-likeness (QED) is 0.672. The van der Waals surface area contributed by atoms with Gasteiger partial charge < -0.3 is 0 Å². The number of sulfonamides is 1. The van der Waals surface area contributed by atoms with Crippen LogP contribution < -0.4 is 9.38 Å². The maximum atomic E-state index is 12.8. The second kappa shape index (κ2) is 6.81. The van der Waals surface area contributed by atoms with E-state index >= 15 is 0 Å². The molecular weight excluding hydrogens is 374 g/mol. The van der Waals surface area contributed by atoms with Crippen LogP contribution in [0.4, 0.5) is 5.69 Å². The van der Waals surface area contributed by atoms with E-state index in [4.69, 9.17) is 11.8 Å². The molecule has 3 aromatic rings. The van der Waals surface area contributed by atoms with E-state index in [-0.39, 0.29) is 16.1 Å². The lowest BCUT2D eigenvalue weighted by molar-refractivity contribution is 0.492. The van der Waals surface area contributed by atoms with E-state index in [0.717, 1.165) is 5.56 Å². The first-order valence-corrected chi connectivity index (χ1v) is 9.98. The van der Waals surface area contributed by atoms with Gasteiger partial charge in [0.25, 0.3) is 15.6 Å². The average Bonchev–Trinajstić information content (AvgIpc) is 2.89. The Bertz CT molecular complexity index is 1120. The lowest BCUT2D eigenvalue weighted by Gasteiger charge is -2.16. The summed E-state index contributed by atoms with van der Waals surface area (Å²) in [6, 6.07) is 11.3. The van der Waals surface area contributed by atoms with E-state index in [9.17, 15) is 13.2 Å². The molecule has 0 spiro atoms. The van der Waals surface area contributed by atoms with Gasteiger partial charge in [0.1, 0.15) is 0 Å². The molecule has 0 aliphatic carbocycles. The van der Waals surface area contributed by atoms with Crippen molar-refractivity contribution in [3.8, 4) is 0 Å². The van der Waals surface area contributed by atoms with E-state index in [2.05, 4.69) is 5.10 Å². The van der Waals surface area contributed by atoms with Gasteiger partial charge >= 0.3 is 0 Å². The monoisotopic (exact) mass is 393 g/mol. The van der Waals surface area contributed by atoms with Crippen LogP contribution in [-0.2, 0) is 16.6 Å². The first-order chi connectivity index (χ1) is 12.2. The molecule has 6 nitrogen and oxygen atoms in total. The molecule has 1 aromatic heterocycles. The van der Waals surface area contributed by atoms with Crippen molar-refractivity contribution in [2.75, 3.05) is 3.82 Å². The van der Waals surface area contributed by atoms with E-state index in [1.54, 1.807) is 41.9 Å². The maximum absolute atomic E-state index is 12.8. The molecule has 0 amide bonds. The predicted molar refractivity (Wildman–Crippen MR) is 104 cm³/mol. The van der Waals surface area contributed by atoms with Crippen LogP contribution in [0.1, 0.15) is 19.4 Å². The van der Waals surface area contributed by atoms with Crippen LogP contribution in [0.2, 0.25) is 0 Å². The topological polar surface area (TPSA) is 75.2 Å². The summed E-state index contributed by atoms with van der Waals surface area (Å²) in [6.07, 6.45) is 0. The number of fused-ring (bicyclic) bond motifs is 1. The molecule has 8 heteroatoms. The average molecular weight is 394 g/mol. The second-order valence-corrected chi connectivity index (χ2v) is 9.01. The van der Waals surface area contributed by atoms with Crippen molar-refractivity contribution in [3.63, 3.8) is 0 Å². The van der Waals surface area contributed by atoms with Crippen LogP contribution in [0.5, 0.6) is 0 Å². The minimum absolute atomic E-state index is 0.0962. The van der Waals surface area contributed by atoms with Gasteiger partial charge in [0.2, 0.25) is 0 Å². The van der Waals surface area contributed by atoms with Gasteiger partial charge in [-0.05, 0) is 48.7 Å². The second-order valence-electron chi connectivity index (χ2n) is 6.68. The standard InChI is InChI=1S/C18H20ClN3O3S/c1-12(2)11-21-17-8-7-14(10-16(17)18(23)20-21)22(19)26(24,25)15-6-4-5-13(3)9-15/h4-10,12H,11H2,1-3H3,(H,20,23). The number of benzene rings is 2. The van der Waals surface area contributed by atoms with Crippen molar-refractivity contribution in [1.82, 2.24) is 9.78 Å². The van der Waals surface area contributed by atoms with E-state index in [1.165, 1.54) is 12.1 Å². The Labute approximate surface area is 157 Å². The van der Waals surface area contributed by atoms with Gasteiger partial charge in [-0.1, -0.05) is 26.0 Å². The summed E-state index contributed by atoms with van der Waals surface area (Å²) in [4.78, 5) is 12.3. The van der Waals surface area contributed by atoms with E-state index in [1.807, 2.05) is 13.8 Å². The molecule has 0 radical (unpaired) electrons. The highest BCUT2D eigenvalue weighted by Gasteiger charge is 2.24. The smallest absolute Gasteiger partial charge is 0.278 e. The number of nitrogens with zero attached hydrogens (tertiary/aromatic N) is 2. The fourth-order valence-electron chi connectivity index (χ4n) is 2.81. The fraction of sp³-hybridized carbons (Fsp3) is 0.278. The molecule has 0 aliphatic rings. The van der Waals surface area contributed by atoms with Gasteiger partial charge in [-0.25, -0.2) is 0 Å². The zero-order valence-corrected chi connectivity index (χ0v) is 16.3. The molecule has 2 aromatic carbocycles. The molecule has 1 heterocycles. The molecule has 0 saturated carbocycles. The third-order valence-corrected chi connectivity index (χ3v) is 6.22. The third kappa shape index (κ3) is 3.37. The Morgan fingerprint density at radius 2 is 1.92 bits per heavy atom. The minimum atomic E-state index is -3.93. The molecule has 3 rings (SSSR count). The third-order valence-electron chi connectivity index (χ3n) is 4.00. The number of aromatic amines is 1. The normalized spacial score (nSPS) is 12.0. The molecule has 0 aliphatic heterocycles. The molecule has 138 valence electrons. The number of halogens is 1. The number of aromatic nitrogens is 2.